The molecule has 2 aliphatic heterocycles. The average molecular weight is 485 g/mol. The first-order chi connectivity index (χ1) is 16.5. The second kappa shape index (κ2) is 10.9. The number of morpholine rings is 1. The number of amides is 1. The van der Waals surface area contributed by atoms with Gasteiger partial charge in [-0.05, 0) is 24.3 Å². The third kappa shape index (κ3) is 5.71. The predicted molar refractivity (Wildman–Crippen MR) is 127 cm³/mol. The van der Waals surface area contributed by atoms with E-state index >= 15 is 0 Å². The zero-order valence-electron chi connectivity index (χ0n) is 18.9. The maximum Gasteiger partial charge on any atom is 0.244 e. The van der Waals surface area contributed by atoms with E-state index in [0.29, 0.717) is 50.5 Å². The molecule has 3 heterocycles. The molecule has 1 aromatic carbocycles. The fourth-order valence-electron chi connectivity index (χ4n) is 4.01. The molecule has 2 aromatic rings. The van der Waals surface area contributed by atoms with E-state index in [4.69, 9.17) is 10.00 Å². The highest BCUT2D eigenvalue weighted by molar-refractivity contribution is 7.89. The summed E-state index contributed by atoms with van der Waals surface area (Å²) in [6.07, 6.45) is 1.77. The van der Waals surface area contributed by atoms with E-state index in [1.165, 1.54) is 10.5 Å². The van der Waals surface area contributed by atoms with Crippen LogP contribution in [0.3, 0.4) is 0 Å². The fourth-order valence-corrected chi connectivity index (χ4v) is 5.36. The summed E-state index contributed by atoms with van der Waals surface area (Å²) in [6, 6.07) is 12.4. The first-order valence-electron chi connectivity index (χ1n) is 11.3. The van der Waals surface area contributed by atoms with Gasteiger partial charge in [0.05, 0.1) is 24.5 Å². The van der Waals surface area contributed by atoms with Crippen LogP contribution >= 0.6 is 0 Å². The average Bonchev–Trinajstić information content (AvgIpc) is 2.89. The summed E-state index contributed by atoms with van der Waals surface area (Å²) in [5, 5.41) is 12.0. The van der Waals surface area contributed by atoms with Crippen LogP contribution < -0.4 is 10.2 Å². The molecule has 0 aliphatic carbocycles. The van der Waals surface area contributed by atoms with Gasteiger partial charge >= 0.3 is 0 Å². The van der Waals surface area contributed by atoms with Gasteiger partial charge in [-0.25, -0.2) is 13.4 Å². The lowest BCUT2D eigenvalue weighted by Crippen LogP contribution is -2.47. The number of nitrogens with one attached hydrogen (secondary N) is 1. The summed E-state index contributed by atoms with van der Waals surface area (Å²) < 4.78 is 32.2. The molecule has 1 N–H and O–H groups in total. The van der Waals surface area contributed by atoms with Gasteiger partial charge in [0.25, 0.3) is 0 Å². The van der Waals surface area contributed by atoms with Gasteiger partial charge in [0, 0.05) is 58.4 Å². The standard InChI is InChI=1S/C23H28N6O4S/c24-17-19-3-1-2-4-21(19)26-23(30)7-8-27-9-11-28(12-10-27)22-6-5-20(18-25-22)34(31,32)29-13-15-33-16-14-29/h1-6,18H,7-16H2,(H,26,30). The van der Waals surface area contributed by atoms with Crippen LogP contribution in [0.4, 0.5) is 11.5 Å². The number of rotatable bonds is 7. The van der Waals surface area contributed by atoms with Crippen molar-refractivity contribution in [3.8, 4) is 6.07 Å². The van der Waals surface area contributed by atoms with E-state index in [1.54, 1.807) is 36.4 Å². The van der Waals surface area contributed by atoms with Crippen molar-refractivity contribution in [2.45, 2.75) is 11.3 Å². The Morgan fingerprint density at radius 1 is 1.06 bits per heavy atom. The molecule has 0 unspecified atom stereocenters. The van der Waals surface area contributed by atoms with Crippen molar-refractivity contribution in [1.29, 1.82) is 5.26 Å². The maximum absolute atomic E-state index is 12.8. The lowest BCUT2D eigenvalue weighted by molar-refractivity contribution is -0.116. The molecule has 0 saturated carbocycles. The fraction of sp³-hybridized carbons (Fsp3) is 0.435. The topological polar surface area (TPSA) is 119 Å². The number of benzene rings is 1. The highest BCUT2D eigenvalue weighted by Crippen LogP contribution is 2.20. The Labute approximate surface area is 199 Å². The van der Waals surface area contributed by atoms with Crippen molar-refractivity contribution in [1.82, 2.24) is 14.2 Å². The Hall–Kier alpha value is -3.04. The summed E-state index contributed by atoms with van der Waals surface area (Å²) in [4.78, 5) is 21.2. The molecule has 4 rings (SSSR count). The zero-order chi connectivity index (χ0) is 24.0. The van der Waals surface area contributed by atoms with Crippen molar-refractivity contribution in [2.24, 2.45) is 0 Å². The van der Waals surface area contributed by atoms with E-state index in [9.17, 15) is 13.2 Å². The smallest absolute Gasteiger partial charge is 0.244 e. The minimum Gasteiger partial charge on any atom is -0.379 e. The van der Waals surface area contributed by atoms with E-state index < -0.39 is 10.0 Å². The Morgan fingerprint density at radius 2 is 1.79 bits per heavy atom. The lowest BCUT2D eigenvalue weighted by Gasteiger charge is -2.35. The molecular weight excluding hydrogens is 456 g/mol. The maximum atomic E-state index is 12.8. The molecule has 10 nitrogen and oxygen atoms in total. The van der Waals surface area contributed by atoms with Gasteiger partial charge < -0.3 is 15.0 Å². The van der Waals surface area contributed by atoms with Gasteiger partial charge in [-0.2, -0.15) is 9.57 Å². The van der Waals surface area contributed by atoms with E-state index in [-0.39, 0.29) is 10.8 Å². The van der Waals surface area contributed by atoms with Crippen LogP contribution in [0.5, 0.6) is 0 Å². The first-order valence-corrected chi connectivity index (χ1v) is 12.7. The molecule has 11 heteroatoms. The third-order valence-corrected chi connectivity index (χ3v) is 7.88. The Bertz CT molecular complexity index is 1130. The Morgan fingerprint density at radius 3 is 2.47 bits per heavy atom. The predicted octanol–water partition coefficient (Wildman–Crippen LogP) is 1.12. The van der Waals surface area contributed by atoms with Crippen LogP contribution in [0.1, 0.15) is 12.0 Å². The van der Waals surface area contributed by atoms with Crippen LogP contribution in [-0.4, -0.2) is 87.5 Å². The van der Waals surface area contributed by atoms with Crippen molar-refractivity contribution in [2.75, 3.05) is 69.2 Å². The number of piperazine rings is 1. The molecule has 0 spiro atoms. The van der Waals surface area contributed by atoms with Crippen LogP contribution in [0.2, 0.25) is 0 Å². The normalized spacial score (nSPS) is 17.8. The summed E-state index contributed by atoms with van der Waals surface area (Å²) >= 11 is 0. The summed E-state index contributed by atoms with van der Waals surface area (Å²) in [5.74, 6) is 0.621. The summed E-state index contributed by atoms with van der Waals surface area (Å²) in [6.45, 7) is 5.17. The number of nitrogens with zero attached hydrogens (tertiary/aromatic N) is 5. The van der Waals surface area contributed by atoms with Gasteiger partial charge in [-0.15, -0.1) is 0 Å². The van der Waals surface area contributed by atoms with Gasteiger partial charge in [0.2, 0.25) is 15.9 Å². The second-order valence-corrected chi connectivity index (χ2v) is 10.1. The highest BCUT2D eigenvalue weighted by atomic mass is 32.2. The summed E-state index contributed by atoms with van der Waals surface area (Å²) in [7, 11) is -3.55. The van der Waals surface area contributed by atoms with Crippen molar-refractivity contribution in [3.63, 3.8) is 0 Å². The number of hydrogen-bond acceptors (Lipinski definition) is 8. The number of carbonyl (C=O) groups is 1. The minimum atomic E-state index is -3.55. The van der Waals surface area contributed by atoms with Gasteiger partial charge in [0.15, 0.2) is 0 Å². The van der Waals surface area contributed by atoms with Crippen molar-refractivity contribution < 1.29 is 17.9 Å². The van der Waals surface area contributed by atoms with Crippen molar-refractivity contribution in [3.05, 3.63) is 48.2 Å². The van der Waals surface area contributed by atoms with Crippen molar-refractivity contribution >= 4 is 27.4 Å². The molecule has 180 valence electrons. The molecule has 34 heavy (non-hydrogen) atoms. The van der Waals surface area contributed by atoms with E-state index in [0.717, 1.165) is 32.0 Å². The molecule has 0 radical (unpaired) electrons. The van der Waals surface area contributed by atoms with Gasteiger partial charge in [0.1, 0.15) is 16.8 Å². The molecule has 2 saturated heterocycles. The SMILES string of the molecule is N#Cc1ccccc1NC(=O)CCN1CCN(c2ccc(S(=O)(=O)N3CCOCC3)cn2)CC1. The van der Waals surface area contributed by atoms with E-state index in [1.807, 2.05) is 0 Å². The number of nitriles is 1. The Kier molecular flexibility index (Phi) is 7.74. The number of pyridine rings is 1. The Balaban J connectivity index is 1.25. The molecule has 0 atom stereocenters. The number of aromatic nitrogens is 1. The van der Waals surface area contributed by atoms with Crippen LogP contribution in [0, 0.1) is 11.3 Å². The number of carbonyl (C=O) groups excluding carboxylic acids is 1. The van der Waals surface area contributed by atoms with Crippen LogP contribution in [0.25, 0.3) is 0 Å². The number of para-hydroxylation sites is 1. The largest absolute Gasteiger partial charge is 0.379 e. The van der Waals surface area contributed by atoms with Crippen LogP contribution in [0.15, 0.2) is 47.5 Å². The molecule has 1 amide bonds. The van der Waals surface area contributed by atoms with Gasteiger partial charge in [-0.3, -0.25) is 9.69 Å². The second-order valence-electron chi connectivity index (χ2n) is 8.15. The molecule has 2 aliphatic rings. The quantitative estimate of drug-likeness (QED) is 0.621. The van der Waals surface area contributed by atoms with Gasteiger partial charge in [-0.1, -0.05) is 12.1 Å². The minimum absolute atomic E-state index is 0.121. The number of sulfonamides is 1. The van der Waals surface area contributed by atoms with Crippen LogP contribution in [-0.2, 0) is 19.6 Å². The molecule has 1 aromatic heterocycles. The zero-order valence-corrected chi connectivity index (χ0v) is 19.7. The number of anilines is 2. The lowest BCUT2D eigenvalue weighted by atomic mass is 10.2. The monoisotopic (exact) mass is 484 g/mol. The highest BCUT2D eigenvalue weighted by Gasteiger charge is 2.27. The number of hydrogen-bond donors (Lipinski definition) is 1. The molecule has 2 fully saturated rings. The summed E-state index contributed by atoms with van der Waals surface area (Å²) in [5.41, 5.74) is 0.978. The number of ether oxygens (including phenoxy) is 1. The molecular formula is C23H28N6O4S. The third-order valence-electron chi connectivity index (χ3n) is 6.00. The molecule has 0 bridgehead atoms. The first kappa shape index (κ1) is 24.1. The van der Waals surface area contributed by atoms with E-state index in [2.05, 4.69) is 26.2 Å².